The van der Waals surface area contributed by atoms with Crippen molar-refractivity contribution in [2.75, 3.05) is 18.5 Å². The van der Waals surface area contributed by atoms with Gasteiger partial charge in [-0.15, -0.1) is 5.10 Å². The fourth-order valence-corrected chi connectivity index (χ4v) is 4.63. The number of carbonyl (C=O) groups is 1. The van der Waals surface area contributed by atoms with Gasteiger partial charge in [0.05, 0.1) is 12.2 Å². The Morgan fingerprint density at radius 2 is 2.03 bits per heavy atom. The van der Waals surface area contributed by atoms with Crippen LogP contribution in [-0.2, 0) is 15.3 Å². The predicted octanol–water partition coefficient (Wildman–Crippen LogP) is 5.91. The molecule has 0 amide bonds. The van der Waals surface area contributed by atoms with Crippen LogP contribution >= 0.6 is 11.8 Å². The van der Waals surface area contributed by atoms with Crippen LogP contribution in [0.3, 0.4) is 0 Å². The van der Waals surface area contributed by atoms with Gasteiger partial charge < -0.3 is 14.8 Å². The molecule has 7 nitrogen and oxygen atoms in total. The summed E-state index contributed by atoms with van der Waals surface area (Å²) in [5.74, 6) is 0.908. The van der Waals surface area contributed by atoms with E-state index in [1.807, 2.05) is 31.2 Å². The van der Waals surface area contributed by atoms with Crippen LogP contribution in [0, 0.1) is 5.82 Å². The molecule has 9 heteroatoms. The number of esters is 1. The average molecular weight is 509 g/mol. The van der Waals surface area contributed by atoms with Crippen LogP contribution in [-0.4, -0.2) is 33.9 Å². The highest BCUT2D eigenvalue weighted by Crippen LogP contribution is 2.37. The van der Waals surface area contributed by atoms with E-state index in [2.05, 4.69) is 28.9 Å². The van der Waals surface area contributed by atoms with Crippen molar-refractivity contribution in [1.82, 2.24) is 14.8 Å². The Balaban J connectivity index is 1.64. The Morgan fingerprint density at radius 1 is 1.25 bits per heavy atom. The Bertz CT molecular complexity index is 1260. The van der Waals surface area contributed by atoms with Gasteiger partial charge in [0.25, 0.3) is 0 Å². The minimum Gasteiger partial charge on any atom is -0.494 e. The Kier molecular flexibility index (Phi) is 8.43. The molecule has 0 bridgehead atoms. The van der Waals surface area contributed by atoms with Crippen molar-refractivity contribution in [3.8, 4) is 5.75 Å². The summed E-state index contributed by atoms with van der Waals surface area (Å²) >= 11 is 1.33. The second-order valence-electron chi connectivity index (χ2n) is 8.27. The molecule has 1 unspecified atom stereocenters. The average Bonchev–Trinajstić information content (AvgIpc) is 3.29. The quantitative estimate of drug-likeness (QED) is 0.149. The summed E-state index contributed by atoms with van der Waals surface area (Å²) in [5.41, 5.74) is 2.46. The monoisotopic (exact) mass is 508 g/mol. The van der Waals surface area contributed by atoms with Gasteiger partial charge in [0.15, 0.2) is 0 Å². The summed E-state index contributed by atoms with van der Waals surface area (Å²) in [4.78, 5) is 17.7. The SMILES string of the molecule is C=CCOC(=O)C1=C(C)Nc2nc(SCc3ccccc3F)nn2C1c1ccc(OCCCC)cc1. The number of allylic oxidation sites excluding steroid dienone is 1. The summed E-state index contributed by atoms with van der Waals surface area (Å²) in [6.07, 6.45) is 3.56. The predicted molar refractivity (Wildman–Crippen MR) is 138 cm³/mol. The van der Waals surface area contributed by atoms with E-state index in [1.165, 1.54) is 23.9 Å². The van der Waals surface area contributed by atoms with E-state index >= 15 is 0 Å². The fourth-order valence-electron chi connectivity index (χ4n) is 3.82. The minimum absolute atomic E-state index is 0.0977. The van der Waals surface area contributed by atoms with Gasteiger partial charge in [-0.3, -0.25) is 0 Å². The number of rotatable bonds is 11. The van der Waals surface area contributed by atoms with Crippen LogP contribution in [0.4, 0.5) is 10.3 Å². The zero-order valence-electron chi connectivity index (χ0n) is 20.4. The lowest BCUT2D eigenvalue weighted by atomic mass is 9.96. The molecule has 1 aliphatic heterocycles. The smallest absolute Gasteiger partial charge is 0.338 e. The van der Waals surface area contributed by atoms with Crippen LogP contribution in [0.5, 0.6) is 5.75 Å². The Labute approximate surface area is 214 Å². The first kappa shape index (κ1) is 25.5. The second kappa shape index (κ2) is 11.9. The van der Waals surface area contributed by atoms with Crippen molar-refractivity contribution < 1.29 is 18.7 Å². The largest absolute Gasteiger partial charge is 0.494 e. The number of thioether (sulfide) groups is 1. The third-order valence-corrected chi connectivity index (χ3v) is 6.55. The molecule has 1 aromatic heterocycles. The number of ether oxygens (including phenoxy) is 2. The van der Waals surface area contributed by atoms with Crippen LogP contribution in [0.15, 0.2) is 77.6 Å². The molecular weight excluding hydrogens is 479 g/mol. The maximum absolute atomic E-state index is 14.1. The van der Waals surface area contributed by atoms with Crippen molar-refractivity contribution in [2.24, 2.45) is 0 Å². The third-order valence-electron chi connectivity index (χ3n) is 5.66. The number of anilines is 1. The number of halogens is 1. The lowest BCUT2D eigenvalue weighted by Crippen LogP contribution is -2.29. The van der Waals surface area contributed by atoms with Crippen LogP contribution in [0.2, 0.25) is 0 Å². The van der Waals surface area contributed by atoms with E-state index in [-0.39, 0.29) is 12.4 Å². The van der Waals surface area contributed by atoms with Gasteiger partial charge >= 0.3 is 5.97 Å². The number of aromatic nitrogens is 3. The highest BCUT2D eigenvalue weighted by molar-refractivity contribution is 7.98. The number of benzene rings is 2. The van der Waals surface area contributed by atoms with Gasteiger partial charge in [-0.1, -0.05) is 68.1 Å². The van der Waals surface area contributed by atoms with E-state index in [0.717, 1.165) is 24.2 Å². The van der Waals surface area contributed by atoms with Gasteiger partial charge in [0.2, 0.25) is 11.1 Å². The van der Waals surface area contributed by atoms with E-state index in [4.69, 9.17) is 9.47 Å². The summed E-state index contributed by atoms with van der Waals surface area (Å²) < 4.78 is 26.9. The van der Waals surface area contributed by atoms with E-state index in [0.29, 0.717) is 40.3 Å². The maximum atomic E-state index is 14.1. The molecule has 2 aromatic carbocycles. The normalized spacial score (nSPS) is 14.7. The molecule has 3 aromatic rings. The first-order chi connectivity index (χ1) is 17.5. The van der Waals surface area contributed by atoms with Gasteiger partial charge in [-0.25, -0.2) is 13.9 Å². The van der Waals surface area contributed by atoms with Gasteiger partial charge in [-0.05, 0) is 42.7 Å². The van der Waals surface area contributed by atoms with Gasteiger partial charge in [0.1, 0.15) is 24.2 Å². The zero-order chi connectivity index (χ0) is 25.5. The van der Waals surface area contributed by atoms with Crippen molar-refractivity contribution >= 4 is 23.7 Å². The molecule has 0 aliphatic carbocycles. The summed E-state index contributed by atoms with van der Waals surface area (Å²) in [6.45, 7) is 8.30. The topological polar surface area (TPSA) is 78.3 Å². The van der Waals surface area contributed by atoms with Crippen molar-refractivity contribution in [1.29, 1.82) is 0 Å². The number of hydrogen-bond donors (Lipinski definition) is 1. The lowest BCUT2D eigenvalue weighted by Gasteiger charge is -2.28. The number of unbranched alkanes of at least 4 members (excludes halogenated alkanes) is 1. The molecular formula is C27H29FN4O3S. The van der Waals surface area contributed by atoms with Gasteiger partial charge in [-0.2, -0.15) is 4.98 Å². The van der Waals surface area contributed by atoms with Crippen molar-refractivity contribution in [3.63, 3.8) is 0 Å². The van der Waals surface area contributed by atoms with E-state index < -0.39 is 12.0 Å². The first-order valence-electron chi connectivity index (χ1n) is 11.8. The first-order valence-corrected chi connectivity index (χ1v) is 12.8. The molecule has 4 rings (SSSR count). The summed E-state index contributed by atoms with van der Waals surface area (Å²) in [5, 5.41) is 8.32. The number of fused-ring (bicyclic) bond motifs is 1. The molecule has 0 spiro atoms. The molecule has 188 valence electrons. The molecule has 1 N–H and O–H groups in total. The number of nitrogens with zero attached hydrogens (tertiary/aromatic N) is 3. The van der Waals surface area contributed by atoms with Crippen LogP contribution in [0.25, 0.3) is 0 Å². The van der Waals surface area contributed by atoms with Crippen molar-refractivity contribution in [3.05, 3.63) is 89.4 Å². The molecule has 0 saturated heterocycles. The summed E-state index contributed by atoms with van der Waals surface area (Å²) in [6, 6.07) is 13.7. The highest BCUT2D eigenvalue weighted by Gasteiger charge is 2.35. The van der Waals surface area contributed by atoms with Crippen molar-refractivity contribution in [2.45, 2.75) is 43.6 Å². The minimum atomic E-state index is -0.557. The van der Waals surface area contributed by atoms with E-state index in [9.17, 15) is 9.18 Å². The summed E-state index contributed by atoms with van der Waals surface area (Å²) in [7, 11) is 0. The molecule has 0 fully saturated rings. The Morgan fingerprint density at radius 3 is 2.75 bits per heavy atom. The molecule has 1 atom stereocenters. The molecule has 2 heterocycles. The number of carbonyl (C=O) groups excluding carboxylic acids is 1. The second-order valence-corrected chi connectivity index (χ2v) is 9.21. The number of nitrogens with one attached hydrogen (secondary N) is 1. The highest BCUT2D eigenvalue weighted by atomic mass is 32.2. The molecule has 1 aliphatic rings. The van der Waals surface area contributed by atoms with E-state index in [1.54, 1.807) is 22.9 Å². The maximum Gasteiger partial charge on any atom is 0.338 e. The zero-order valence-corrected chi connectivity index (χ0v) is 21.2. The number of hydrogen-bond acceptors (Lipinski definition) is 7. The third kappa shape index (κ3) is 5.79. The molecule has 0 radical (unpaired) electrons. The lowest BCUT2D eigenvalue weighted by molar-refractivity contribution is -0.138. The van der Waals surface area contributed by atoms with Crippen LogP contribution < -0.4 is 10.1 Å². The standard InChI is InChI=1S/C27H29FN4O3S/c1-4-6-16-34-21-13-11-19(12-14-21)24-23(25(33)35-15-5-2)18(3)29-26-30-27(31-32(24)26)36-17-20-9-7-8-10-22(20)28/h5,7-14,24H,2,4,6,15-17H2,1,3H3,(H,29,30,31). The van der Waals surface area contributed by atoms with Gasteiger partial charge in [0, 0.05) is 11.4 Å². The van der Waals surface area contributed by atoms with Crippen LogP contribution in [0.1, 0.15) is 43.9 Å². The molecule has 36 heavy (non-hydrogen) atoms. The fraction of sp³-hybridized carbons (Fsp3) is 0.296. The molecule has 0 saturated carbocycles. The Hall–Kier alpha value is -3.59.